The maximum Gasteiger partial charge on any atom is 0.141 e. The molecule has 2 rings (SSSR count). The van der Waals surface area contributed by atoms with Gasteiger partial charge in [-0.05, 0) is 51.2 Å². The van der Waals surface area contributed by atoms with Gasteiger partial charge in [-0.1, -0.05) is 17.7 Å². The van der Waals surface area contributed by atoms with Gasteiger partial charge in [-0.2, -0.15) is 0 Å². The molecule has 1 aliphatic heterocycles. The van der Waals surface area contributed by atoms with Crippen molar-refractivity contribution >= 4 is 11.6 Å². The molecular weight excluding hydrogens is 277 g/mol. The van der Waals surface area contributed by atoms with Gasteiger partial charge in [0.15, 0.2) is 0 Å². The fourth-order valence-electron chi connectivity index (χ4n) is 2.96. The minimum absolute atomic E-state index is 0.0714. The van der Waals surface area contributed by atoms with Gasteiger partial charge in [0, 0.05) is 25.2 Å². The highest BCUT2D eigenvalue weighted by molar-refractivity contribution is 6.30. The summed E-state index contributed by atoms with van der Waals surface area (Å²) in [6.45, 7) is 2.62. The monoisotopic (exact) mass is 299 g/mol. The molecule has 3 nitrogen and oxygen atoms in total. The van der Waals surface area contributed by atoms with Crippen molar-refractivity contribution in [3.05, 3.63) is 34.6 Å². The molecule has 0 aliphatic carbocycles. The number of nitrogens with two attached hydrogens (primary N) is 1. The van der Waals surface area contributed by atoms with Crippen LogP contribution in [0.5, 0.6) is 0 Å². The number of rotatable bonds is 5. The summed E-state index contributed by atoms with van der Waals surface area (Å²) in [5.41, 5.74) is 6.88. The summed E-state index contributed by atoms with van der Waals surface area (Å²) >= 11 is 5.87. The average Bonchev–Trinajstić information content (AvgIpc) is 2.80. The van der Waals surface area contributed by atoms with Crippen molar-refractivity contribution in [3.8, 4) is 0 Å². The summed E-state index contributed by atoms with van der Waals surface area (Å²) in [6.07, 6.45) is 2.48. The third-order valence-electron chi connectivity index (χ3n) is 4.25. The highest BCUT2D eigenvalue weighted by atomic mass is 35.5. The van der Waals surface area contributed by atoms with Gasteiger partial charge in [-0.25, -0.2) is 4.39 Å². The second-order valence-corrected chi connectivity index (χ2v) is 6.05. The van der Waals surface area contributed by atoms with Gasteiger partial charge in [-0.3, -0.25) is 4.90 Å². The van der Waals surface area contributed by atoms with Crippen LogP contribution in [0.25, 0.3) is 0 Å². The van der Waals surface area contributed by atoms with E-state index >= 15 is 0 Å². The Morgan fingerprint density at radius 3 is 2.85 bits per heavy atom. The summed E-state index contributed by atoms with van der Waals surface area (Å²) in [7, 11) is 4.23. The molecule has 0 amide bonds. The molecule has 0 spiro atoms. The lowest BCUT2D eigenvalue weighted by Crippen LogP contribution is -2.40. The number of likely N-dealkylation sites (tertiary alicyclic amines) is 1. The molecule has 1 aliphatic rings. The van der Waals surface area contributed by atoms with Crippen LogP contribution in [0.1, 0.15) is 24.4 Å². The van der Waals surface area contributed by atoms with Crippen molar-refractivity contribution in [3.63, 3.8) is 0 Å². The second kappa shape index (κ2) is 6.85. The summed E-state index contributed by atoms with van der Waals surface area (Å²) in [4.78, 5) is 4.64. The molecule has 1 aromatic rings. The van der Waals surface area contributed by atoms with Crippen LogP contribution in [0.3, 0.4) is 0 Å². The van der Waals surface area contributed by atoms with Gasteiger partial charge in [0.1, 0.15) is 5.82 Å². The van der Waals surface area contributed by atoms with Crippen molar-refractivity contribution in [2.75, 3.05) is 33.7 Å². The van der Waals surface area contributed by atoms with Gasteiger partial charge >= 0.3 is 0 Å². The molecule has 2 N–H and O–H groups in total. The lowest BCUT2D eigenvalue weighted by Gasteiger charge is -2.32. The van der Waals surface area contributed by atoms with Crippen LogP contribution >= 0.6 is 11.6 Å². The molecule has 0 radical (unpaired) electrons. The molecule has 1 fully saturated rings. The molecule has 1 saturated heterocycles. The second-order valence-electron chi connectivity index (χ2n) is 5.64. The van der Waals surface area contributed by atoms with Gasteiger partial charge in [0.05, 0.1) is 5.02 Å². The highest BCUT2D eigenvalue weighted by Gasteiger charge is 2.25. The van der Waals surface area contributed by atoms with Crippen LogP contribution in [0.15, 0.2) is 18.2 Å². The third kappa shape index (κ3) is 3.50. The lowest BCUT2D eigenvalue weighted by molar-refractivity contribution is 0.179. The molecule has 0 bridgehead atoms. The number of likely N-dealkylation sites (N-methyl/N-ethyl adjacent to an activating group) is 2. The predicted molar refractivity (Wildman–Crippen MR) is 81.5 cm³/mol. The topological polar surface area (TPSA) is 32.5 Å². The maximum absolute atomic E-state index is 13.3. The van der Waals surface area contributed by atoms with E-state index in [0.29, 0.717) is 12.6 Å². The van der Waals surface area contributed by atoms with E-state index in [1.54, 1.807) is 12.1 Å². The molecule has 2 unspecified atom stereocenters. The van der Waals surface area contributed by atoms with E-state index in [1.165, 1.54) is 18.9 Å². The van der Waals surface area contributed by atoms with Crippen LogP contribution < -0.4 is 5.73 Å². The minimum Gasteiger partial charge on any atom is -0.329 e. The first-order valence-corrected chi connectivity index (χ1v) is 7.46. The van der Waals surface area contributed by atoms with Crippen molar-refractivity contribution < 1.29 is 4.39 Å². The Balaban J connectivity index is 2.08. The van der Waals surface area contributed by atoms with Gasteiger partial charge in [-0.15, -0.1) is 0 Å². The molecule has 112 valence electrons. The van der Waals surface area contributed by atoms with Crippen molar-refractivity contribution in [2.24, 2.45) is 5.73 Å². The summed E-state index contributed by atoms with van der Waals surface area (Å²) in [5.74, 6) is -0.385. The largest absolute Gasteiger partial charge is 0.329 e. The van der Waals surface area contributed by atoms with Gasteiger partial charge in [0.2, 0.25) is 0 Å². The standard InChI is InChI=1S/C15H23ClFN3/c1-19-7-3-4-12(19)10-20(2)15(9-18)11-5-6-14(17)13(16)8-11/h5-6,8,12,15H,3-4,7,9-10,18H2,1-2H3. The highest BCUT2D eigenvalue weighted by Crippen LogP contribution is 2.25. The summed E-state index contributed by atoms with van der Waals surface area (Å²) in [5, 5.41) is 0.160. The predicted octanol–water partition coefficient (Wildman–Crippen LogP) is 2.50. The summed E-state index contributed by atoms with van der Waals surface area (Å²) in [6, 6.07) is 5.51. The number of hydrogen-bond acceptors (Lipinski definition) is 3. The van der Waals surface area contributed by atoms with Crippen LogP contribution in [-0.2, 0) is 0 Å². The van der Waals surface area contributed by atoms with E-state index < -0.39 is 0 Å². The Kier molecular flexibility index (Phi) is 5.38. The first kappa shape index (κ1) is 15.7. The van der Waals surface area contributed by atoms with Gasteiger partial charge < -0.3 is 10.6 Å². The molecule has 20 heavy (non-hydrogen) atoms. The first-order valence-electron chi connectivity index (χ1n) is 7.08. The van der Waals surface area contributed by atoms with Crippen LogP contribution in [0.4, 0.5) is 4.39 Å². The van der Waals surface area contributed by atoms with E-state index in [4.69, 9.17) is 17.3 Å². The smallest absolute Gasteiger partial charge is 0.141 e. The van der Waals surface area contributed by atoms with E-state index in [9.17, 15) is 4.39 Å². The van der Waals surface area contributed by atoms with Crippen molar-refractivity contribution in [2.45, 2.75) is 24.9 Å². The van der Waals surface area contributed by atoms with Crippen LogP contribution in [-0.4, -0.2) is 49.6 Å². The Bertz CT molecular complexity index is 455. The lowest BCUT2D eigenvalue weighted by atomic mass is 10.0. The quantitative estimate of drug-likeness (QED) is 0.907. The maximum atomic E-state index is 13.3. The van der Waals surface area contributed by atoms with E-state index in [2.05, 4.69) is 23.9 Å². The SMILES string of the molecule is CN1CCCC1CN(C)C(CN)c1ccc(F)c(Cl)c1. The Labute approximate surface area is 125 Å². The van der Waals surface area contributed by atoms with E-state index in [-0.39, 0.29) is 16.9 Å². The van der Waals surface area contributed by atoms with E-state index in [1.807, 2.05) is 0 Å². The molecule has 1 aromatic carbocycles. The molecular formula is C15H23ClFN3. The van der Waals surface area contributed by atoms with Crippen LogP contribution in [0.2, 0.25) is 5.02 Å². The fraction of sp³-hybridized carbons (Fsp3) is 0.600. The number of benzene rings is 1. The van der Waals surface area contributed by atoms with Crippen molar-refractivity contribution in [1.29, 1.82) is 0 Å². The Hall–Kier alpha value is -0.680. The Morgan fingerprint density at radius 1 is 1.55 bits per heavy atom. The third-order valence-corrected chi connectivity index (χ3v) is 4.54. The number of nitrogens with zero attached hydrogens (tertiary/aromatic N) is 2. The molecule has 0 aromatic heterocycles. The normalized spacial score (nSPS) is 21.6. The number of hydrogen-bond donors (Lipinski definition) is 1. The zero-order chi connectivity index (χ0) is 14.7. The Morgan fingerprint density at radius 2 is 2.30 bits per heavy atom. The van der Waals surface area contributed by atoms with Crippen molar-refractivity contribution in [1.82, 2.24) is 9.80 Å². The fourth-order valence-corrected chi connectivity index (χ4v) is 3.15. The molecule has 1 heterocycles. The zero-order valence-electron chi connectivity index (χ0n) is 12.1. The van der Waals surface area contributed by atoms with Gasteiger partial charge in [0.25, 0.3) is 0 Å². The van der Waals surface area contributed by atoms with E-state index in [0.717, 1.165) is 18.7 Å². The first-order chi connectivity index (χ1) is 9.52. The molecule has 2 atom stereocenters. The molecule has 0 saturated carbocycles. The zero-order valence-corrected chi connectivity index (χ0v) is 12.9. The molecule has 5 heteroatoms. The number of halogens is 2. The average molecular weight is 300 g/mol. The minimum atomic E-state index is -0.385. The summed E-state index contributed by atoms with van der Waals surface area (Å²) < 4.78 is 13.3. The van der Waals surface area contributed by atoms with Crippen LogP contribution in [0, 0.1) is 5.82 Å².